The average Bonchev–Trinajstić information content (AvgIpc) is 3.18. The molecule has 0 bridgehead atoms. The van der Waals surface area contributed by atoms with Crippen molar-refractivity contribution in [3.8, 4) is 0 Å². The molecule has 0 aliphatic rings. The van der Waals surface area contributed by atoms with E-state index in [0.717, 1.165) is 6.42 Å². The molecule has 164 valence electrons. The highest BCUT2D eigenvalue weighted by atomic mass is 32.2. The van der Waals surface area contributed by atoms with Crippen LogP contribution in [0.4, 0.5) is 0 Å². The number of hydrogen-bond acceptors (Lipinski definition) is 8. The van der Waals surface area contributed by atoms with Crippen molar-refractivity contribution in [3.05, 3.63) is 35.7 Å². The van der Waals surface area contributed by atoms with Crippen LogP contribution < -0.4 is 5.32 Å². The van der Waals surface area contributed by atoms with Crippen LogP contribution >= 0.6 is 0 Å². The van der Waals surface area contributed by atoms with E-state index in [1.54, 1.807) is 18.5 Å². The molecule has 0 fully saturated rings. The summed E-state index contributed by atoms with van der Waals surface area (Å²) in [6, 6.07) is 5.54. The van der Waals surface area contributed by atoms with Crippen molar-refractivity contribution in [3.63, 3.8) is 0 Å². The second-order valence-electron chi connectivity index (χ2n) is 6.28. The number of aryl methyl sites for hydroxylation is 1. The van der Waals surface area contributed by atoms with Gasteiger partial charge in [-0.05, 0) is 41.1 Å². The molecule has 0 aliphatic carbocycles. The maximum Gasteiger partial charge on any atom is 0.325 e. The average molecular weight is 439 g/mol. The van der Waals surface area contributed by atoms with Gasteiger partial charge in [-0.25, -0.2) is 13.1 Å². The molecule has 0 aliphatic heterocycles. The van der Waals surface area contributed by atoms with Gasteiger partial charge in [0.2, 0.25) is 10.0 Å². The third-order valence-electron chi connectivity index (χ3n) is 4.26. The second-order valence-corrected chi connectivity index (χ2v) is 8.21. The number of ether oxygens (including phenoxy) is 1. The minimum absolute atomic E-state index is 0.0976. The first kappa shape index (κ1) is 23.4. The van der Waals surface area contributed by atoms with Crippen LogP contribution in [0.15, 0.2) is 29.2 Å². The number of amides is 1. The van der Waals surface area contributed by atoms with E-state index in [4.69, 9.17) is 4.74 Å². The Labute approximate surface area is 175 Å². The number of aromatic nitrogens is 4. The summed E-state index contributed by atoms with van der Waals surface area (Å²) in [7, 11) is -3.60. The molecule has 1 aromatic heterocycles. The topological polar surface area (TPSA) is 136 Å². The minimum Gasteiger partial charge on any atom is -0.456 e. The van der Waals surface area contributed by atoms with Gasteiger partial charge < -0.3 is 10.1 Å². The first-order valence-corrected chi connectivity index (χ1v) is 11.1. The predicted molar refractivity (Wildman–Crippen MR) is 107 cm³/mol. The lowest BCUT2D eigenvalue weighted by Crippen LogP contribution is -2.31. The molecule has 0 saturated heterocycles. The molecule has 0 radical (unpaired) electrons. The van der Waals surface area contributed by atoms with Crippen LogP contribution in [0, 0.1) is 0 Å². The molecular formula is C18H26N6O5S. The number of hydrogen-bond donors (Lipinski definition) is 1. The highest BCUT2D eigenvalue weighted by Crippen LogP contribution is 2.16. The first-order chi connectivity index (χ1) is 14.3. The van der Waals surface area contributed by atoms with Crippen molar-refractivity contribution < 1.29 is 22.7 Å². The molecule has 0 saturated carbocycles. The molecule has 2 aromatic rings. The Morgan fingerprint density at radius 2 is 1.80 bits per heavy atom. The molecule has 12 heteroatoms. The summed E-state index contributed by atoms with van der Waals surface area (Å²) in [5.74, 6) is -0.744. The maximum absolute atomic E-state index is 12.5. The van der Waals surface area contributed by atoms with Gasteiger partial charge in [0.05, 0.1) is 4.90 Å². The molecule has 2 rings (SSSR count). The Bertz CT molecular complexity index is 954. The molecule has 1 N–H and O–H groups in total. The fraction of sp³-hybridized carbons (Fsp3) is 0.500. The summed E-state index contributed by atoms with van der Waals surface area (Å²) in [5.41, 5.74) is 0.230. The second kappa shape index (κ2) is 10.8. The number of benzene rings is 1. The van der Waals surface area contributed by atoms with E-state index in [0.29, 0.717) is 25.5 Å². The zero-order valence-electron chi connectivity index (χ0n) is 17.2. The van der Waals surface area contributed by atoms with Gasteiger partial charge in [-0.1, -0.05) is 20.8 Å². The summed E-state index contributed by atoms with van der Waals surface area (Å²) >= 11 is 0. The molecule has 1 aromatic carbocycles. The zero-order valence-corrected chi connectivity index (χ0v) is 18.1. The minimum atomic E-state index is -3.60. The van der Waals surface area contributed by atoms with Crippen molar-refractivity contribution >= 4 is 21.9 Å². The number of rotatable bonds is 11. The van der Waals surface area contributed by atoms with Crippen molar-refractivity contribution in [2.24, 2.45) is 0 Å². The largest absolute Gasteiger partial charge is 0.456 e. The summed E-state index contributed by atoms with van der Waals surface area (Å²) < 4.78 is 32.9. The van der Waals surface area contributed by atoms with Gasteiger partial charge in [0.15, 0.2) is 12.4 Å². The summed E-state index contributed by atoms with van der Waals surface area (Å²) in [6.07, 6.45) is 0.830. The van der Waals surface area contributed by atoms with E-state index in [2.05, 4.69) is 20.8 Å². The van der Waals surface area contributed by atoms with Crippen molar-refractivity contribution in [2.45, 2.75) is 45.2 Å². The van der Waals surface area contributed by atoms with Crippen LogP contribution in [0.2, 0.25) is 0 Å². The lowest BCUT2D eigenvalue weighted by Gasteiger charge is -2.18. The molecular weight excluding hydrogens is 412 g/mol. The van der Waals surface area contributed by atoms with E-state index in [1.807, 2.05) is 6.92 Å². The van der Waals surface area contributed by atoms with Gasteiger partial charge in [0.25, 0.3) is 5.91 Å². The molecule has 11 nitrogen and oxygen atoms in total. The third-order valence-corrected chi connectivity index (χ3v) is 6.32. The van der Waals surface area contributed by atoms with Crippen LogP contribution in [0.25, 0.3) is 0 Å². The Hall–Kier alpha value is -2.86. The van der Waals surface area contributed by atoms with Crippen LogP contribution in [-0.2, 0) is 32.7 Å². The van der Waals surface area contributed by atoms with Gasteiger partial charge >= 0.3 is 5.97 Å². The van der Waals surface area contributed by atoms with Crippen LogP contribution in [0.1, 0.15) is 43.4 Å². The van der Waals surface area contributed by atoms with E-state index >= 15 is 0 Å². The normalized spacial score (nSPS) is 11.5. The molecule has 1 heterocycles. The predicted octanol–water partition coefficient (Wildman–Crippen LogP) is 0.587. The lowest BCUT2D eigenvalue weighted by molar-refractivity contribution is -0.144. The molecule has 0 spiro atoms. The number of carbonyl (C=O) groups excluding carboxylic acids is 2. The first-order valence-electron chi connectivity index (χ1n) is 9.62. The van der Waals surface area contributed by atoms with E-state index in [-0.39, 0.29) is 23.6 Å². The summed E-state index contributed by atoms with van der Waals surface area (Å²) in [4.78, 5) is 24.2. The van der Waals surface area contributed by atoms with E-state index < -0.39 is 21.9 Å². The highest BCUT2D eigenvalue weighted by Gasteiger charge is 2.21. The Balaban J connectivity index is 1.89. The van der Waals surface area contributed by atoms with Crippen LogP contribution in [0.5, 0.6) is 0 Å². The Morgan fingerprint density at radius 1 is 1.13 bits per heavy atom. The highest BCUT2D eigenvalue weighted by molar-refractivity contribution is 7.89. The van der Waals surface area contributed by atoms with Gasteiger partial charge in [-0.15, -0.1) is 5.10 Å². The molecule has 0 unspecified atom stereocenters. The van der Waals surface area contributed by atoms with Crippen molar-refractivity contribution in [2.75, 3.05) is 19.6 Å². The van der Waals surface area contributed by atoms with Crippen molar-refractivity contribution in [1.82, 2.24) is 29.8 Å². The smallest absolute Gasteiger partial charge is 0.325 e. The molecule has 30 heavy (non-hydrogen) atoms. The fourth-order valence-corrected chi connectivity index (χ4v) is 4.11. The van der Waals surface area contributed by atoms with E-state index in [1.165, 1.54) is 28.6 Å². The fourth-order valence-electron chi connectivity index (χ4n) is 2.65. The number of nitrogens with one attached hydrogen (secondary N) is 1. The maximum atomic E-state index is 12.5. The number of nitrogens with zero attached hydrogens (tertiary/aromatic N) is 5. The molecule has 1 amide bonds. The van der Waals surface area contributed by atoms with Crippen LogP contribution in [0.3, 0.4) is 0 Å². The van der Waals surface area contributed by atoms with E-state index in [9.17, 15) is 18.0 Å². The Kier molecular flexibility index (Phi) is 8.42. The monoisotopic (exact) mass is 438 g/mol. The third kappa shape index (κ3) is 5.83. The molecule has 0 atom stereocenters. The number of tetrazole rings is 1. The Morgan fingerprint density at radius 3 is 2.40 bits per heavy atom. The standard InChI is InChI=1S/C18H26N6O5S/c1-4-11-24-16(20-21-22-24)13-29-17(25)12-19-18(26)14-7-9-15(10-8-14)30(27,28)23(5-2)6-3/h7-10H,4-6,11-13H2,1-3H3,(H,19,26). The van der Waals surface area contributed by atoms with Gasteiger partial charge in [0.1, 0.15) is 6.54 Å². The van der Waals surface area contributed by atoms with Gasteiger partial charge in [-0.2, -0.15) is 4.31 Å². The lowest BCUT2D eigenvalue weighted by atomic mass is 10.2. The number of esters is 1. The van der Waals surface area contributed by atoms with Gasteiger partial charge in [0, 0.05) is 25.2 Å². The quantitative estimate of drug-likeness (QED) is 0.503. The van der Waals surface area contributed by atoms with Crippen LogP contribution in [-0.4, -0.2) is 64.4 Å². The summed E-state index contributed by atoms with van der Waals surface area (Å²) in [5, 5.41) is 13.6. The number of sulfonamides is 1. The number of carbonyl (C=O) groups is 2. The summed E-state index contributed by atoms with van der Waals surface area (Å²) in [6.45, 7) is 6.36. The SMILES string of the molecule is CCCn1nnnc1COC(=O)CNC(=O)c1ccc(S(=O)(=O)N(CC)CC)cc1. The van der Waals surface area contributed by atoms with Gasteiger partial charge in [-0.3, -0.25) is 9.59 Å². The van der Waals surface area contributed by atoms with Crippen molar-refractivity contribution in [1.29, 1.82) is 0 Å². The zero-order chi connectivity index (χ0) is 22.1.